The number of hydrogen-bond donors (Lipinski definition) is 1. The van der Waals surface area contributed by atoms with Gasteiger partial charge in [0, 0.05) is 38.8 Å². The Balaban J connectivity index is 2.09. The second-order valence-electron chi connectivity index (χ2n) is 5.45. The molecule has 90 valence electrons. The minimum atomic E-state index is 0.241. The molecule has 0 bridgehead atoms. The van der Waals surface area contributed by atoms with Gasteiger partial charge < -0.3 is 15.0 Å². The standard InChI is InChI=1S/C12H26N2O/c1-12(2,3)13-7-10-14-8-5-11(15-4)6-9-14/h11,13H,5-10H2,1-4H3. The van der Waals surface area contributed by atoms with Crippen molar-refractivity contribution in [3.05, 3.63) is 0 Å². The molecule has 3 nitrogen and oxygen atoms in total. The average molecular weight is 214 g/mol. The average Bonchev–Trinajstić information content (AvgIpc) is 2.17. The fraction of sp³-hybridized carbons (Fsp3) is 1.00. The van der Waals surface area contributed by atoms with E-state index in [0.29, 0.717) is 6.10 Å². The Morgan fingerprint density at radius 3 is 2.33 bits per heavy atom. The van der Waals surface area contributed by atoms with E-state index in [2.05, 4.69) is 31.0 Å². The van der Waals surface area contributed by atoms with Gasteiger partial charge in [-0.1, -0.05) is 0 Å². The van der Waals surface area contributed by atoms with Crippen LogP contribution in [0.4, 0.5) is 0 Å². The van der Waals surface area contributed by atoms with Crippen molar-refractivity contribution in [3.8, 4) is 0 Å². The first-order valence-electron chi connectivity index (χ1n) is 6.01. The van der Waals surface area contributed by atoms with Gasteiger partial charge in [0.25, 0.3) is 0 Å². The summed E-state index contributed by atoms with van der Waals surface area (Å²) in [5.74, 6) is 0. The molecule has 0 saturated carbocycles. The van der Waals surface area contributed by atoms with Crippen LogP contribution in [0.15, 0.2) is 0 Å². The van der Waals surface area contributed by atoms with Crippen molar-refractivity contribution in [2.75, 3.05) is 33.3 Å². The van der Waals surface area contributed by atoms with Crippen LogP contribution in [-0.2, 0) is 4.74 Å². The monoisotopic (exact) mass is 214 g/mol. The summed E-state index contributed by atoms with van der Waals surface area (Å²) in [5, 5.41) is 3.52. The van der Waals surface area contributed by atoms with E-state index in [0.717, 1.165) is 13.1 Å². The van der Waals surface area contributed by atoms with E-state index in [9.17, 15) is 0 Å². The lowest BCUT2D eigenvalue weighted by Crippen LogP contribution is -2.44. The first kappa shape index (κ1) is 12.9. The highest BCUT2D eigenvalue weighted by Crippen LogP contribution is 2.12. The molecule has 1 rings (SSSR count). The van der Waals surface area contributed by atoms with Gasteiger partial charge in [0.1, 0.15) is 0 Å². The minimum absolute atomic E-state index is 0.241. The number of nitrogens with one attached hydrogen (secondary N) is 1. The van der Waals surface area contributed by atoms with Crippen molar-refractivity contribution in [2.24, 2.45) is 0 Å². The first-order chi connectivity index (χ1) is 7.01. The fourth-order valence-corrected chi connectivity index (χ4v) is 1.96. The van der Waals surface area contributed by atoms with Crippen molar-refractivity contribution < 1.29 is 4.74 Å². The van der Waals surface area contributed by atoms with Crippen LogP contribution in [0.25, 0.3) is 0 Å². The van der Waals surface area contributed by atoms with Crippen molar-refractivity contribution in [3.63, 3.8) is 0 Å². The topological polar surface area (TPSA) is 24.5 Å². The molecule has 0 aliphatic carbocycles. The smallest absolute Gasteiger partial charge is 0.0595 e. The third kappa shape index (κ3) is 5.50. The number of methoxy groups -OCH3 is 1. The van der Waals surface area contributed by atoms with Gasteiger partial charge in [0.2, 0.25) is 0 Å². The molecule has 0 radical (unpaired) electrons. The molecule has 1 aliphatic rings. The third-order valence-corrected chi connectivity index (χ3v) is 2.95. The predicted octanol–water partition coefficient (Wildman–Crippen LogP) is 1.49. The Morgan fingerprint density at radius 2 is 1.87 bits per heavy atom. The summed E-state index contributed by atoms with van der Waals surface area (Å²) in [6.07, 6.45) is 2.87. The zero-order chi connectivity index (χ0) is 11.3. The van der Waals surface area contributed by atoms with Gasteiger partial charge in [0.15, 0.2) is 0 Å². The SMILES string of the molecule is COC1CCN(CCNC(C)(C)C)CC1. The highest BCUT2D eigenvalue weighted by atomic mass is 16.5. The predicted molar refractivity (Wildman–Crippen MR) is 64.2 cm³/mol. The molecule has 0 aromatic rings. The van der Waals surface area contributed by atoms with Gasteiger partial charge in [-0.25, -0.2) is 0 Å². The normalized spacial score (nSPS) is 20.8. The Labute approximate surface area is 94.2 Å². The molecule has 1 fully saturated rings. The van der Waals surface area contributed by atoms with Crippen LogP contribution in [0.1, 0.15) is 33.6 Å². The van der Waals surface area contributed by atoms with Gasteiger partial charge in [-0.15, -0.1) is 0 Å². The van der Waals surface area contributed by atoms with Crippen molar-refractivity contribution >= 4 is 0 Å². The number of hydrogen-bond acceptors (Lipinski definition) is 3. The molecule has 0 aromatic heterocycles. The second kappa shape index (κ2) is 5.83. The fourth-order valence-electron chi connectivity index (χ4n) is 1.96. The van der Waals surface area contributed by atoms with Crippen LogP contribution in [0.5, 0.6) is 0 Å². The molecule has 1 N–H and O–H groups in total. The quantitative estimate of drug-likeness (QED) is 0.767. The molecule has 0 aromatic carbocycles. The molecule has 0 unspecified atom stereocenters. The number of nitrogens with zero attached hydrogens (tertiary/aromatic N) is 1. The highest BCUT2D eigenvalue weighted by molar-refractivity contribution is 4.75. The number of rotatable bonds is 4. The molecule has 1 aliphatic heterocycles. The van der Waals surface area contributed by atoms with E-state index >= 15 is 0 Å². The number of ether oxygens (including phenoxy) is 1. The van der Waals surface area contributed by atoms with Crippen molar-refractivity contribution in [1.82, 2.24) is 10.2 Å². The van der Waals surface area contributed by atoms with E-state index in [1.807, 2.05) is 7.11 Å². The van der Waals surface area contributed by atoms with Gasteiger partial charge in [-0.2, -0.15) is 0 Å². The number of piperidine rings is 1. The summed E-state index contributed by atoms with van der Waals surface area (Å²) in [7, 11) is 1.82. The van der Waals surface area contributed by atoms with Crippen LogP contribution in [-0.4, -0.2) is 49.8 Å². The Bertz CT molecular complexity index is 169. The lowest BCUT2D eigenvalue weighted by Gasteiger charge is -2.32. The lowest BCUT2D eigenvalue weighted by molar-refractivity contribution is 0.0410. The largest absolute Gasteiger partial charge is 0.381 e. The van der Waals surface area contributed by atoms with Crippen LogP contribution in [0.3, 0.4) is 0 Å². The Hall–Kier alpha value is -0.120. The van der Waals surface area contributed by atoms with Crippen LogP contribution in [0, 0.1) is 0 Å². The van der Waals surface area contributed by atoms with Crippen LogP contribution < -0.4 is 5.32 Å². The molecule has 1 heterocycles. The third-order valence-electron chi connectivity index (χ3n) is 2.95. The summed E-state index contributed by atoms with van der Waals surface area (Å²) in [6.45, 7) is 11.3. The maximum absolute atomic E-state index is 5.36. The summed E-state index contributed by atoms with van der Waals surface area (Å²) in [4.78, 5) is 2.52. The Morgan fingerprint density at radius 1 is 1.27 bits per heavy atom. The molecule has 0 spiro atoms. The van der Waals surface area contributed by atoms with Crippen molar-refractivity contribution in [1.29, 1.82) is 0 Å². The minimum Gasteiger partial charge on any atom is -0.381 e. The van der Waals surface area contributed by atoms with Gasteiger partial charge in [0.05, 0.1) is 6.10 Å². The molecule has 3 heteroatoms. The van der Waals surface area contributed by atoms with Crippen LogP contribution >= 0.6 is 0 Å². The zero-order valence-electron chi connectivity index (χ0n) is 10.7. The highest BCUT2D eigenvalue weighted by Gasteiger charge is 2.18. The van der Waals surface area contributed by atoms with E-state index in [-0.39, 0.29) is 5.54 Å². The Kier molecular flexibility index (Phi) is 5.03. The maximum atomic E-state index is 5.36. The first-order valence-corrected chi connectivity index (χ1v) is 6.01. The molecule has 0 amide bonds. The molecular weight excluding hydrogens is 188 g/mol. The van der Waals surface area contributed by atoms with Crippen molar-refractivity contribution in [2.45, 2.75) is 45.3 Å². The molecule has 0 atom stereocenters. The summed E-state index contributed by atoms with van der Waals surface area (Å²) in [5.41, 5.74) is 0.241. The number of likely N-dealkylation sites (tertiary alicyclic amines) is 1. The van der Waals surface area contributed by atoms with E-state index < -0.39 is 0 Å². The molecule has 1 saturated heterocycles. The van der Waals surface area contributed by atoms with E-state index in [4.69, 9.17) is 4.74 Å². The van der Waals surface area contributed by atoms with Crippen LogP contribution in [0.2, 0.25) is 0 Å². The summed E-state index contributed by atoms with van der Waals surface area (Å²) < 4.78 is 5.36. The summed E-state index contributed by atoms with van der Waals surface area (Å²) >= 11 is 0. The van der Waals surface area contributed by atoms with Gasteiger partial charge >= 0.3 is 0 Å². The maximum Gasteiger partial charge on any atom is 0.0595 e. The lowest BCUT2D eigenvalue weighted by atomic mass is 10.1. The zero-order valence-corrected chi connectivity index (χ0v) is 10.7. The molecular formula is C12H26N2O. The van der Waals surface area contributed by atoms with E-state index in [1.54, 1.807) is 0 Å². The molecule has 15 heavy (non-hydrogen) atoms. The summed E-state index contributed by atoms with van der Waals surface area (Å²) in [6, 6.07) is 0. The van der Waals surface area contributed by atoms with E-state index in [1.165, 1.54) is 25.9 Å². The second-order valence-corrected chi connectivity index (χ2v) is 5.45. The van der Waals surface area contributed by atoms with Gasteiger partial charge in [-0.3, -0.25) is 0 Å². The van der Waals surface area contributed by atoms with Gasteiger partial charge in [-0.05, 0) is 33.6 Å².